The molecular weight excluding hydrogens is 230 g/mol. The fraction of sp³-hybridized carbons (Fsp3) is 1.00. The van der Waals surface area contributed by atoms with Gasteiger partial charge in [-0.05, 0) is 31.7 Å². The van der Waals surface area contributed by atoms with Gasteiger partial charge in [0, 0.05) is 6.04 Å². The minimum absolute atomic E-state index is 0.800. The second-order valence-electron chi connectivity index (χ2n) is 6.65. The normalized spacial score (nSPS) is 23.4. The molecule has 0 spiro atoms. The van der Waals surface area contributed by atoms with Crippen LogP contribution in [0.15, 0.2) is 0 Å². The average Bonchev–Trinajstić information content (AvgIpc) is 2.56. The first-order valence-electron chi connectivity index (χ1n) is 9.08. The molecule has 0 aliphatic carbocycles. The highest BCUT2D eigenvalue weighted by Gasteiger charge is 2.16. The van der Waals surface area contributed by atoms with Gasteiger partial charge in [0.05, 0.1) is 0 Å². The van der Waals surface area contributed by atoms with E-state index in [1.807, 2.05) is 0 Å². The Balaban J connectivity index is 2.09. The molecule has 1 heteroatoms. The quantitative estimate of drug-likeness (QED) is 0.557. The van der Waals surface area contributed by atoms with Gasteiger partial charge in [0.15, 0.2) is 0 Å². The summed E-state index contributed by atoms with van der Waals surface area (Å²) in [7, 11) is 0. The maximum Gasteiger partial charge on any atom is 0.00926 e. The summed E-state index contributed by atoms with van der Waals surface area (Å²) in [5, 5.41) is 3.82. The van der Waals surface area contributed by atoms with Crippen molar-refractivity contribution in [3.8, 4) is 0 Å². The molecule has 0 aromatic heterocycles. The summed E-state index contributed by atoms with van der Waals surface area (Å²) in [6, 6.07) is 0.800. The fourth-order valence-corrected chi connectivity index (χ4v) is 3.34. The molecule has 2 atom stereocenters. The third kappa shape index (κ3) is 8.68. The first-order valence-corrected chi connectivity index (χ1v) is 9.08. The zero-order valence-electron chi connectivity index (χ0n) is 13.6. The van der Waals surface area contributed by atoms with Crippen LogP contribution in [-0.2, 0) is 0 Å². The lowest BCUT2D eigenvalue weighted by molar-refractivity contribution is 0.327. The van der Waals surface area contributed by atoms with E-state index in [0.717, 1.165) is 12.0 Å². The zero-order chi connectivity index (χ0) is 13.8. The second kappa shape index (κ2) is 11.8. The van der Waals surface area contributed by atoms with Crippen LogP contribution in [0.1, 0.15) is 97.3 Å². The lowest BCUT2D eigenvalue weighted by Gasteiger charge is -2.25. The van der Waals surface area contributed by atoms with E-state index >= 15 is 0 Å². The summed E-state index contributed by atoms with van der Waals surface area (Å²) in [5.41, 5.74) is 0. The van der Waals surface area contributed by atoms with Crippen molar-refractivity contribution >= 4 is 0 Å². The highest BCUT2D eigenvalue weighted by atomic mass is 14.9. The van der Waals surface area contributed by atoms with Crippen molar-refractivity contribution in [1.29, 1.82) is 0 Å². The van der Waals surface area contributed by atoms with Crippen LogP contribution < -0.4 is 5.32 Å². The summed E-state index contributed by atoms with van der Waals surface area (Å²) >= 11 is 0. The molecule has 1 fully saturated rings. The van der Waals surface area contributed by atoms with Gasteiger partial charge in [0.25, 0.3) is 0 Å². The summed E-state index contributed by atoms with van der Waals surface area (Å²) in [4.78, 5) is 0. The predicted molar refractivity (Wildman–Crippen MR) is 86.6 cm³/mol. The molecule has 0 radical (unpaired) electrons. The van der Waals surface area contributed by atoms with Gasteiger partial charge < -0.3 is 5.32 Å². The maximum atomic E-state index is 3.82. The van der Waals surface area contributed by atoms with E-state index < -0.39 is 0 Å². The molecular formula is C18H37N. The van der Waals surface area contributed by atoms with Gasteiger partial charge in [-0.2, -0.15) is 0 Å². The Labute approximate surface area is 121 Å². The third-order valence-corrected chi connectivity index (χ3v) is 4.80. The molecule has 0 bridgehead atoms. The molecule has 19 heavy (non-hydrogen) atoms. The molecule has 2 unspecified atom stereocenters. The molecule has 0 aromatic carbocycles. The Morgan fingerprint density at radius 3 is 2.42 bits per heavy atom. The molecule has 0 saturated carbocycles. The summed E-state index contributed by atoms with van der Waals surface area (Å²) in [6.07, 6.45) is 18.6. The molecule has 1 aliphatic heterocycles. The molecule has 114 valence electrons. The van der Waals surface area contributed by atoms with E-state index in [1.54, 1.807) is 0 Å². The summed E-state index contributed by atoms with van der Waals surface area (Å²) in [5.74, 6) is 0.879. The largest absolute Gasteiger partial charge is 0.314 e. The van der Waals surface area contributed by atoms with E-state index in [1.165, 1.54) is 90.0 Å². The van der Waals surface area contributed by atoms with Crippen LogP contribution in [0.4, 0.5) is 0 Å². The number of hydrogen-bond acceptors (Lipinski definition) is 1. The van der Waals surface area contributed by atoms with E-state index in [-0.39, 0.29) is 0 Å². The van der Waals surface area contributed by atoms with Crippen molar-refractivity contribution in [1.82, 2.24) is 5.32 Å². The second-order valence-corrected chi connectivity index (χ2v) is 6.65. The smallest absolute Gasteiger partial charge is 0.00926 e. The van der Waals surface area contributed by atoms with Crippen LogP contribution >= 0.6 is 0 Å². The van der Waals surface area contributed by atoms with E-state index in [9.17, 15) is 0 Å². The third-order valence-electron chi connectivity index (χ3n) is 4.80. The first kappa shape index (κ1) is 17.0. The minimum Gasteiger partial charge on any atom is -0.314 e. The van der Waals surface area contributed by atoms with E-state index in [2.05, 4.69) is 19.2 Å². The standard InChI is InChI=1S/C18H37N/c1-3-4-5-6-8-11-14-17(2)18-15-12-9-7-10-13-16-19-18/h17-19H,3-16H2,1-2H3. The Bertz CT molecular complexity index is 180. The van der Waals surface area contributed by atoms with Crippen molar-refractivity contribution in [3.63, 3.8) is 0 Å². The highest BCUT2D eigenvalue weighted by molar-refractivity contribution is 4.74. The van der Waals surface area contributed by atoms with Crippen LogP contribution in [0.2, 0.25) is 0 Å². The van der Waals surface area contributed by atoms with Crippen LogP contribution in [0.25, 0.3) is 0 Å². The van der Waals surface area contributed by atoms with Gasteiger partial charge in [0.1, 0.15) is 0 Å². The zero-order valence-corrected chi connectivity index (χ0v) is 13.6. The monoisotopic (exact) mass is 267 g/mol. The lowest BCUT2D eigenvalue weighted by atomic mass is 9.91. The molecule has 0 amide bonds. The Morgan fingerprint density at radius 2 is 1.58 bits per heavy atom. The van der Waals surface area contributed by atoms with Gasteiger partial charge >= 0.3 is 0 Å². The van der Waals surface area contributed by atoms with E-state index in [0.29, 0.717) is 0 Å². The van der Waals surface area contributed by atoms with E-state index in [4.69, 9.17) is 0 Å². The molecule has 1 rings (SSSR count). The fourth-order valence-electron chi connectivity index (χ4n) is 3.34. The SMILES string of the molecule is CCCCCCCCC(C)C1CCCCCCCN1. The highest BCUT2D eigenvalue weighted by Crippen LogP contribution is 2.20. The molecule has 0 aromatic rings. The van der Waals surface area contributed by atoms with Crippen LogP contribution in [-0.4, -0.2) is 12.6 Å². The van der Waals surface area contributed by atoms with Crippen LogP contribution in [0, 0.1) is 5.92 Å². The van der Waals surface area contributed by atoms with Gasteiger partial charge in [-0.25, -0.2) is 0 Å². The minimum atomic E-state index is 0.800. The van der Waals surface area contributed by atoms with Crippen molar-refractivity contribution in [2.75, 3.05) is 6.54 Å². The molecule has 1 nitrogen and oxygen atoms in total. The number of unbranched alkanes of at least 4 members (excludes halogenated alkanes) is 5. The Hall–Kier alpha value is -0.0400. The lowest BCUT2D eigenvalue weighted by Crippen LogP contribution is -2.35. The Morgan fingerprint density at radius 1 is 0.895 bits per heavy atom. The van der Waals surface area contributed by atoms with Gasteiger partial charge in [-0.15, -0.1) is 0 Å². The van der Waals surface area contributed by atoms with Crippen molar-refractivity contribution < 1.29 is 0 Å². The topological polar surface area (TPSA) is 12.0 Å². The summed E-state index contributed by atoms with van der Waals surface area (Å²) < 4.78 is 0. The molecule has 1 saturated heterocycles. The van der Waals surface area contributed by atoms with Gasteiger partial charge in [-0.1, -0.05) is 78.1 Å². The molecule has 1 aliphatic rings. The maximum absolute atomic E-state index is 3.82. The summed E-state index contributed by atoms with van der Waals surface area (Å²) in [6.45, 7) is 6.03. The van der Waals surface area contributed by atoms with Crippen molar-refractivity contribution in [2.45, 2.75) is 103 Å². The predicted octanol–water partition coefficient (Wildman–Crippen LogP) is 5.69. The van der Waals surface area contributed by atoms with Crippen LogP contribution in [0.3, 0.4) is 0 Å². The average molecular weight is 268 g/mol. The first-order chi connectivity index (χ1) is 9.34. The molecule has 1 heterocycles. The number of rotatable bonds is 8. The Kier molecular flexibility index (Phi) is 10.5. The van der Waals surface area contributed by atoms with Crippen molar-refractivity contribution in [2.24, 2.45) is 5.92 Å². The van der Waals surface area contributed by atoms with Crippen LogP contribution in [0.5, 0.6) is 0 Å². The van der Waals surface area contributed by atoms with Crippen molar-refractivity contribution in [3.05, 3.63) is 0 Å². The van der Waals surface area contributed by atoms with Gasteiger partial charge in [0.2, 0.25) is 0 Å². The van der Waals surface area contributed by atoms with Gasteiger partial charge in [-0.3, -0.25) is 0 Å². The number of hydrogen-bond donors (Lipinski definition) is 1. The molecule has 1 N–H and O–H groups in total. The number of nitrogens with one attached hydrogen (secondary N) is 1.